The molecule has 0 bridgehead atoms. The zero-order valence-corrected chi connectivity index (χ0v) is 27.6. The largest absolute Gasteiger partial charge is 0.494 e. The summed E-state index contributed by atoms with van der Waals surface area (Å²) in [4.78, 5) is 31.0. The van der Waals surface area contributed by atoms with E-state index in [1.165, 1.54) is 29.7 Å². The van der Waals surface area contributed by atoms with Gasteiger partial charge in [-0.05, 0) is 61.2 Å². The Bertz CT molecular complexity index is 1700. The molecule has 2 aliphatic rings. The highest BCUT2D eigenvalue weighted by atomic mass is 35.5. The van der Waals surface area contributed by atoms with Crippen LogP contribution in [0.25, 0.3) is 21.6 Å². The maximum Gasteiger partial charge on any atom is 0.263 e. The standard InChI is InChI=1S/C32H35ClF3N3O5S2/c1-46(42,43)18-2-17-44-23-6-3-21(4-7-23)25-20-27(45-28(25)24-8-5-22(34)19-26(24)33)29(40)38-13-9-31(10-14-38,30(37)41)39-15-11-32(35,36)12-16-39/h3-8,19-20H,2,9-18H2,1H3,(H2,37,41). The molecule has 0 atom stereocenters. The molecule has 0 saturated carbocycles. The van der Waals surface area contributed by atoms with Crippen molar-refractivity contribution in [3.05, 3.63) is 64.2 Å². The molecule has 2 aromatic carbocycles. The summed E-state index contributed by atoms with van der Waals surface area (Å²) in [7, 11) is -3.08. The number of nitrogens with zero attached hydrogens (tertiary/aromatic N) is 2. The van der Waals surface area contributed by atoms with Crippen LogP contribution in [-0.4, -0.2) is 86.3 Å². The van der Waals surface area contributed by atoms with Gasteiger partial charge in [-0.15, -0.1) is 11.3 Å². The lowest BCUT2D eigenvalue weighted by Gasteiger charge is -2.48. The van der Waals surface area contributed by atoms with Crippen LogP contribution < -0.4 is 10.5 Å². The summed E-state index contributed by atoms with van der Waals surface area (Å²) in [6, 6.07) is 12.9. The molecular weight excluding hydrogens is 663 g/mol. The lowest BCUT2D eigenvalue weighted by atomic mass is 9.83. The van der Waals surface area contributed by atoms with Gasteiger partial charge in [-0.25, -0.2) is 21.6 Å². The van der Waals surface area contributed by atoms with Crippen molar-refractivity contribution in [3.8, 4) is 27.3 Å². The minimum absolute atomic E-state index is 0.0241. The van der Waals surface area contributed by atoms with E-state index in [0.717, 1.165) is 5.56 Å². The molecule has 3 aromatic rings. The molecule has 0 radical (unpaired) electrons. The second kappa shape index (κ2) is 13.5. The average Bonchev–Trinajstić information content (AvgIpc) is 3.44. The third-order valence-electron chi connectivity index (χ3n) is 8.65. The number of thiophene rings is 1. The number of sulfone groups is 1. The second-order valence-corrected chi connectivity index (χ2v) is 15.6. The van der Waals surface area contributed by atoms with E-state index in [9.17, 15) is 31.2 Å². The zero-order valence-electron chi connectivity index (χ0n) is 25.2. The number of nitrogens with two attached hydrogens (primary N) is 1. The summed E-state index contributed by atoms with van der Waals surface area (Å²) < 4.78 is 70.0. The molecule has 0 unspecified atom stereocenters. The van der Waals surface area contributed by atoms with Crippen molar-refractivity contribution in [1.29, 1.82) is 0 Å². The molecule has 0 aliphatic carbocycles. The molecule has 14 heteroatoms. The van der Waals surface area contributed by atoms with E-state index >= 15 is 0 Å². The maximum atomic E-state index is 13.9. The van der Waals surface area contributed by atoms with Gasteiger partial charge in [-0.1, -0.05) is 23.7 Å². The summed E-state index contributed by atoms with van der Waals surface area (Å²) in [5, 5.41) is 0.184. The number of primary amides is 1. The van der Waals surface area contributed by atoms with Crippen molar-refractivity contribution < 1.29 is 35.9 Å². The third kappa shape index (κ3) is 7.70. The number of hydrogen-bond donors (Lipinski definition) is 1. The highest BCUT2D eigenvalue weighted by Crippen LogP contribution is 2.44. The molecule has 0 spiro atoms. The van der Waals surface area contributed by atoms with Crippen LogP contribution in [0.4, 0.5) is 13.2 Å². The van der Waals surface area contributed by atoms with Crippen molar-refractivity contribution in [2.24, 2.45) is 5.73 Å². The molecule has 3 heterocycles. The molecule has 8 nitrogen and oxygen atoms in total. The van der Waals surface area contributed by atoms with Gasteiger partial charge in [-0.2, -0.15) is 0 Å². The molecule has 46 heavy (non-hydrogen) atoms. The Hall–Kier alpha value is -3.13. The van der Waals surface area contributed by atoms with Crippen molar-refractivity contribution in [1.82, 2.24) is 9.80 Å². The first-order chi connectivity index (χ1) is 21.7. The first-order valence-electron chi connectivity index (χ1n) is 14.9. The summed E-state index contributed by atoms with van der Waals surface area (Å²) in [5.74, 6) is -3.51. The predicted molar refractivity (Wildman–Crippen MR) is 173 cm³/mol. The van der Waals surface area contributed by atoms with Gasteiger partial charge in [0.05, 0.1) is 22.3 Å². The number of ether oxygens (including phenoxy) is 1. The number of alkyl halides is 2. The van der Waals surface area contributed by atoms with Gasteiger partial charge in [0.15, 0.2) is 0 Å². The fourth-order valence-corrected chi connectivity index (χ4v) is 8.19. The molecular formula is C32H35ClF3N3O5S2. The fraction of sp³-hybridized carbons (Fsp3) is 0.438. The van der Waals surface area contributed by atoms with E-state index in [-0.39, 0.29) is 75.2 Å². The van der Waals surface area contributed by atoms with Crippen LogP contribution in [0.5, 0.6) is 5.75 Å². The summed E-state index contributed by atoms with van der Waals surface area (Å²) in [6.07, 6.45) is 1.32. The lowest BCUT2D eigenvalue weighted by Crippen LogP contribution is -2.64. The molecule has 2 N–H and O–H groups in total. The predicted octanol–water partition coefficient (Wildman–Crippen LogP) is 5.88. The Morgan fingerprint density at radius 1 is 0.978 bits per heavy atom. The first-order valence-corrected chi connectivity index (χ1v) is 18.2. The van der Waals surface area contributed by atoms with Crippen LogP contribution in [0.1, 0.15) is 41.8 Å². The van der Waals surface area contributed by atoms with Crippen LogP contribution in [0, 0.1) is 5.82 Å². The monoisotopic (exact) mass is 697 g/mol. The van der Waals surface area contributed by atoms with Crippen molar-refractivity contribution in [2.45, 2.75) is 43.6 Å². The van der Waals surface area contributed by atoms with Gasteiger partial charge in [0.1, 0.15) is 26.9 Å². The van der Waals surface area contributed by atoms with Gasteiger partial charge in [-0.3, -0.25) is 14.5 Å². The number of hydrogen-bond acceptors (Lipinski definition) is 7. The molecule has 2 amide bonds. The van der Waals surface area contributed by atoms with Crippen molar-refractivity contribution in [2.75, 3.05) is 44.8 Å². The maximum absolute atomic E-state index is 13.9. The van der Waals surface area contributed by atoms with Gasteiger partial charge in [0.25, 0.3) is 11.8 Å². The highest BCUT2D eigenvalue weighted by molar-refractivity contribution is 7.90. The van der Waals surface area contributed by atoms with Crippen molar-refractivity contribution >= 4 is 44.6 Å². The van der Waals surface area contributed by atoms with E-state index < -0.39 is 33.0 Å². The van der Waals surface area contributed by atoms with E-state index in [4.69, 9.17) is 22.1 Å². The SMILES string of the molecule is CS(=O)(=O)CCCOc1ccc(-c2cc(C(=O)N3CCC(C(N)=O)(N4CCC(F)(F)CC4)CC3)sc2-c2ccc(F)cc2Cl)cc1. The Labute approximate surface area is 275 Å². The summed E-state index contributed by atoms with van der Waals surface area (Å²) in [6.45, 7) is 0.797. The van der Waals surface area contributed by atoms with Gasteiger partial charge in [0.2, 0.25) is 5.91 Å². The number of carbonyl (C=O) groups excluding carboxylic acids is 2. The normalized spacial score (nSPS) is 18.3. The van der Waals surface area contributed by atoms with E-state index in [1.54, 1.807) is 34.1 Å². The minimum Gasteiger partial charge on any atom is -0.494 e. The number of halogens is 4. The zero-order chi connectivity index (χ0) is 33.3. The van der Waals surface area contributed by atoms with E-state index in [2.05, 4.69) is 0 Å². The van der Waals surface area contributed by atoms with Gasteiger partial charge < -0.3 is 15.4 Å². The van der Waals surface area contributed by atoms with Crippen LogP contribution in [0.2, 0.25) is 5.02 Å². The second-order valence-electron chi connectivity index (χ2n) is 11.9. The lowest BCUT2D eigenvalue weighted by molar-refractivity contribution is -0.140. The topological polar surface area (TPSA) is 110 Å². The Morgan fingerprint density at radius 3 is 2.22 bits per heavy atom. The molecule has 248 valence electrons. The minimum atomic E-state index is -3.08. The highest BCUT2D eigenvalue weighted by Gasteiger charge is 2.49. The quantitative estimate of drug-likeness (QED) is 0.265. The first kappa shape index (κ1) is 34.2. The van der Waals surface area contributed by atoms with E-state index in [1.807, 2.05) is 12.1 Å². The van der Waals surface area contributed by atoms with Crippen LogP contribution in [0.3, 0.4) is 0 Å². The number of amides is 2. The third-order valence-corrected chi connectivity index (χ3v) is 11.1. The van der Waals surface area contributed by atoms with Crippen LogP contribution in [0.15, 0.2) is 48.5 Å². The summed E-state index contributed by atoms with van der Waals surface area (Å²) in [5.41, 5.74) is 6.74. The summed E-state index contributed by atoms with van der Waals surface area (Å²) >= 11 is 7.67. The molecule has 2 fully saturated rings. The Kier molecular flexibility index (Phi) is 10.1. The van der Waals surface area contributed by atoms with Crippen molar-refractivity contribution in [3.63, 3.8) is 0 Å². The average molecular weight is 698 g/mol. The number of benzene rings is 2. The fourth-order valence-electron chi connectivity index (χ4n) is 6.04. The molecule has 2 saturated heterocycles. The van der Waals surface area contributed by atoms with E-state index in [0.29, 0.717) is 33.1 Å². The Morgan fingerprint density at radius 2 is 1.63 bits per heavy atom. The molecule has 2 aliphatic heterocycles. The van der Waals surface area contributed by atoms with Gasteiger partial charge >= 0.3 is 0 Å². The smallest absolute Gasteiger partial charge is 0.263 e. The molecule has 1 aromatic heterocycles. The van der Waals surface area contributed by atoms with Gasteiger partial charge in [0, 0.05) is 61.3 Å². The number of rotatable bonds is 10. The molecule has 5 rings (SSSR count). The number of likely N-dealkylation sites (tertiary alicyclic amines) is 2. The van der Waals surface area contributed by atoms with Crippen LogP contribution >= 0.6 is 22.9 Å². The number of carbonyl (C=O) groups is 2. The van der Waals surface area contributed by atoms with Crippen LogP contribution in [-0.2, 0) is 14.6 Å². The number of piperidine rings is 2. The Balaban J connectivity index is 1.37.